The Bertz CT molecular complexity index is 2360. The summed E-state index contributed by atoms with van der Waals surface area (Å²) in [4.78, 5) is 64.6. The molecule has 4 saturated heterocycles. The SMILES string of the molecule is COC(=O)N[C@@H](C(=O)N1CCC[C@H]1c1ncc(-c2cc(F)c(N3CCC(c4cnc([C@@H]5CCCN5C(=O)[C@@H](c5ccccc5)N5CCCCC5)[nH]4)CC3)c(F)c2)[nH]1)c1ccccc1. The van der Waals surface area contributed by atoms with Crippen molar-refractivity contribution in [2.45, 2.75) is 87.9 Å². The lowest BCUT2D eigenvalue weighted by Crippen LogP contribution is -2.44. The van der Waals surface area contributed by atoms with Crippen molar-refractivity contribution in [2.24, 2.45) is 0 Å². The van der Waals surface area contributed by atoms with E-state index in [-0.39, 0.29) is 35.5 Å². The summed E-state index contributed by atoms with van der Waals surface area (Å²) in [6, 6.07) is 19.9. The average Bonchev–Trinajstić information content (AvgIpc) is 4.17. The minimum atomic E-state index is -0.964. The number of likely N-dealkylation sites (tertiary alicyclic amines) is 3. The number of amides is 3. The average molecular weight is 860 g/mol. The van der Waals surface area contributed by atoms with Gasteiger partial charge in [-0.25, -0.2) is 23.5 Å². The quantitative estimate of drug-likeness (QED) is 0.121. The van der Waals surface area contributed by atoms with E-state index in [1.54, 1.807) is 34.1 Å². The molecule has 4 aliphatic heterocycles. The summed E-state index contributed by atoms with van der Waals surface area (Å²) in [5, 5.41) is 2.66. The number of H-pyrrole nitrogens is 2. The number of benzene rings is 3. The third kappa shape index (κ3) is 8.80. The van der Waals surface area contributed by atoms with E-state index in [1.165, 1.54) is 31.9 Å². The Morgan fingerprint density at radius 3 is 1.92 bits per heavy atom. The monoisotopic (exact) mass is 859 g/mol. The molecule has 4 atom stereocenters. The summed E-state index contributed by atoms with van der Waals surface area (Å²) in [7, 11) is 1.25. The predicted molar refractivity (Wildman–Crippen MR) is 233 cm³/mol. The number of ether oxygens (including phenoxy) is 1. The zero-order chi connectivity index (χ0) is 43.5. The Labute approximate surface area is 366 Å². The van der Waals surface area contributed by atoms with E-state index < -0.39 is 29.8 Å². The molecule has 4 aliphatic rings. The van der Waals surface area contributed by atoms with Crippen LogP contribution in [0.2, 0.25) is 0 Å². The van der Waals surface area contributed by atoms with Crippen LogP contribution < -0.4 is 10.2 Å². The van der Waals surface area contributed by atoms with Gasteiger partial charge < -0.3 is 34.7 Å². The lowest BCUT2D eigenvalue weighted by Gasteiger charge is -2.37. The molecule has 9 rings (SSSR count). The molecule has 3 N–H and O–H groups in total. The highest BCUT2D eigenvalue weighted by Crippen LogP contribution is 2.39. The molecule has 15 heteroatoms. The molecule has 0 unspecified atom stereocenters. The first-order valence-electron chi connectivity index (χ1n) is 22.4. The smallest absolute Gasteiger partial charge is 0.407 e. The van der Waals surface area contributed by atoms with E-state index in [9.17, 15) is 14.4 Å². The van der Waals surface area contributed by atoms with Gasteiger partial charge in [0.05, 0.1) is 31.1 Å². The second kappa shape index (κ2) is 18.7. The number of aromatic nitrogens is 4. The Hall–Kier alpha value is -6.09. The molecule has 0 spiro atoms. The molecular weight excluding hydrogens is 805 g/mol. The van der Waals surface area contributed by atoms with Crippen molar-refractivity contribution in [1.29, 1.82) is 0 Å². The van der Waals surface area contributed by atoms with Gasteiger partial charge in [-0.05, 0) is 87.7 Å². The van der Waals surface area contributed by atoms with E-state index in [4.69, 9.17) is 9.72 Å². The molecule has 5 aromatic rings. The van der Waals surface area contributed by atoms with Crippen molar-refractivity contribution >= 4 is 23.6 Å². The summed E-state index contributed by atoms with van der Waals surface area (Å²) in [6.45, 7) is 3.90. The molecule has 2 aromatic heterocycles. The van der Waals surface area contributed by atoms with Gasteiger partial charge in [-0.3, -0.25) is 14.5 Å². The number of methoxy groups -OCH3 is 1. The second-order valence-electron chi connectivity index (χ2n) is 17.2. The number of rotatable bonds is 11. The van der Waals surface area contributed by atoms with Crippen LogP contribution in [0.25, 0.3) is 11.3 Å². The summed E-state index contributed by atoms with van der Waals surface area (Å²) >= 11 is 0. The number of hydrogen-bond donors (Lipinski definition) is 3. The van der Waals surface area contributed by atoms with Crippen LogP contribution in [0.3, 0.4) is 0 Å². The van der Waals surface area contributed by atoms with Gasteiger partial charge in [-0.1, -0.05) is 67.1 Å². The number of halogens is 2. The number of carbonyl (C=O) groups excluding carboxylic acids is 3. The number of imidazole rings is 2. The fourth-order valence-corrected chi connectivity index (χ4v) is 10.2. The lowest BCUT2D eigenvalue weighted by atomic mass is 9.93. The number of nitrogens with one attached hydrogen (secondary N) is 3. The van der Waals surface area contributed by atoms with E-state index in [0.29, 0.717) is 68.1 Å². The Kier molecular flexibility index (Phi) is 12.5. The van der Waals surface area contributed by atoms with Gasteiger partial charge in [-0.15, -0.1) is 0 Å². The molecule has 0 bridgehead atoms. The molecule has 0 aliphatic carbocycles. The molecule has 6 heterocycles. The molecule has 3 amide bonds. The normalized spacial score (nSPS) is 20.8. The van der Waals surface area contributed by atoms with Gasteiger partial charge in [-0.2, -0.15) is 0 Å². The first-order valence-corrected chi connectivity index (χ1v) is 22.4. The van der Waals surface area contributed by atoms with Crippen LogP contribution in [-0.4, -0.2) is 98.9 Å². The number of nitrogens with zero attached hydrogens (tertiary/aromatic N) is 6. The molecule has 13 nitrogen and oxygen atoms in total. The fraction of sp³-hybridized carbons (Fsp3) is 0.438. The fourth-order valence-electron chi connectivity index (χ4n) is 10.2. The van der Waals surface area contributed by atoms with Crippen molar-refractivity contribution in [1.82, 2.24) is 40.0 Å². The summed E-state index contributed by atoms with van der Waals surface area (Å²) in [5.74, 6) is -0.0641. The van der Waals surface area contributed by atoms with Crippen molar-refractivity contribution in [3.63, 3.8) is 0 Å². The van der Waals surface area contributed by atoms with Crippen molar-refractivity contribution in [2.75, 3.05) is 51.3 Å². The predicted octanol–water partition coefficient (Wildman–Crippen LogP) is 8.11. The van der Waals surface area contributed by atoms with Gasteiger partial charge >= 0.3 is 6.09 Å². The molecule has 0 radical (unpaired) electrons. The molecule has 63 heavy (non-hydrogen) atoms. The Morgan fingerprint density at radius 1 is 0.698 bits per heavy atom. The highest BCUT2D eigenvalue weighted by atomic mass is 19.1. The minimum absolute atomic E-state index is 0.0540. The maximum atomic E-state index is 16.0. The van der Waals surface area contributed by atoms with E-state index in [0.717, 1.165) is 62.3 Å². The highest BCUT2D eigenvalue weighted by Gasteiger charge is 2.40. The van der Waals surface area contributed by atoms with Gasteiger partial charge in [0.15, 0.2) is 0 Å². The van der Waals surface area contributed by atoms with Crippen molar-refractivity contribution < 1.29 is 27.9 Å². The molecule has 0 saturated carbocycles. The van der Waals surface area contributed by atoms with Crippen LogP contribution in [0.1, 0.15) is 116 Å². The number of piperidine rings is 2. The number of carbonyl (C=O) groups is 3. The minimum Gasteiger partial charge on any atom is -0.453 e. The van der Waals surface area contributed by atoms with Crippen molar-refractivity contribution in [3.8, 4) is 11.3 Å². The zero-order valence-electron chi connectivity index (χ0n) is 35.6. The van der Waals surface area contributed by atoms with Crippen molar-refractivity contribution in [3.05, 3.63) is 125 Å². The number of anilines is 1. The standard InChI is InChI=1S/C48H55F2N9O4/c1-63-48(62)55-41(32-13-5-2-6-14-32)46(60)58-23-11-17-39(58)44-52-30-38(54-44)34-27-35(49)43(36(50)28-34)57-25-19-31(20-26-57)37-29-51-45(53-37)40-18-12-24-59(40)47(61)42(33-15-7-3-8-16-33)56-21-9-4-10-22-56/h2-3,5-8,13-16,27-31,39-42H,4,9-12,17-26H2,1H3,(H,51,53)(H,52,54)(H,55,62)/t39-,40-,41+,42+/m0/s1. The molecule has 330 valence electrons. The first kappa shape index (κ1) is 42.2. The van der Waals surface area contributed by atoms with E-state index in [1.807, 2.05) is 35.4 Å². The van der Waals surface area contributed by atoms with Crippen LogP contribution >= 0.6 is 0 Å². The summed E-state index contributed by atoms with van der Waals surface area (Å²) < 4.78 is 36.7. The third-order valence-corrected chi connectivity index (χ3v) is 13.4. The number of alkyl carbamates (subject to hydrolysis) is 1. The summed E-state index contributed by atoms with van der Waals surface area (Å²) in [6.07, 6.45) is 10.6. The van der Waals surface area contributed by atoms with Gasteiger partial charge in [0.1, 0.15) is 41.1 Å². The number of hydrogen-bond acceptors (Lipinski definition) is 8. The topological polar surface area (TPSA) is 143 Å². The van der Waals surface area contributed by atoms with Crippen LogP contribution in [0.4, 0.5) is 19.3 Å². The van der Waals surface area contributed by atoms with E-state index >= 15 is 8.78 Å². The molecular formula is C48H55F2N9O4. The Balaban J connectivity index is 0.845. The first-order chi connectivity index (χ1) is 30.8. The van der Waals surface area contributed by atoms with E-state index in [2.05, 4.69) is 37.3 Å². The Morgan fingerprint density at radius 2 is 1.29 bits per heavy atom. The lowest BCUT2D eigenvalue weighted by molar-refractivity contribution is -0.139. The molecule has 3 aromatic carbocycles. The second-order valence-corrected chi connectivity index (χ2v) is 17.2. The van der Waals surface area contributed by atoms with Gasteiger partial charge in [0.2, 0.25) is 5.91 Å². The maximum Gasteiger partial charge on any atom is 0.407 e. The van der Waals surface area contributed by atoms with Gasteiger partial charge in [0, 0.05) is 49.6 Å². The summed E-state index contributed by atoms with van der Waals surface area (Å²) in [5.41, 5.74) is 3.32. The van der Waals surface area contributed by atoms with Crippen LogP contribution in [0.5, 0.6) is 0 Å². The number of aromatic amines is 2. The largest absolute Gasteiger partial charge is 0.453 e. The van der Waals surface area contributed by atoms with Crippen LogP contribution in [-0.2, 0) is 14.3 Å². The third-order valence-electron chi connectivity index (χ3n) is 13.4. The highest BCUT2D eigenvalue weighted by molar-refractivity contribution is 5.87. The van der Waals surface area contributed by atoms with Crippen LogP contribution in [0, 0.1) is 11.6 Å². The van der Waals surface area contributed by atoms with Gasteiger partial charge in [0.25, 0.3) is 5.91 Å². The van der Waals surface area contributed by atoms with Crippen LogP contribution in [0.15, 0.2) is 85.2 Å². The maximum absolute atomic E-state index is 16.0. The molecule has 4 fully saturated rings. The zero-order valence-corrected chi connectivity index (χ0v) is 35.6.